The number of rotatable bonds is 3. The third-order valence-electron chi connectivity index (χ3n) is 3.20. The summed E-state index contributed by atoms with van der Waals surface area (Å²) in [6, 6.07) is 7.71. The number of aliphatic hydroxyl groups excluding tert-OH is 1. The second-order valence-electron chi connectivity index (χ2n) is 4.73. The van der Waals surface area contributed by atoms with Crippen LogP contribution in [0.25, 0.3) is 0 Å². The van der Waals surface area contributed by atoms with Crippen LogP contribution >= 0.6 is 11.8 Å². The zero-order valence-corrected chi connectivity index (χ0v) is 12.2. The molecule has 0 aliphatic carbocycles. The van der Waals surface area contributed by atoms with E-state index in [-0.39, 0.29) is 17.8 Å². The molecular weight excluding hydrogens is 270 g/mol. The second kappa shape index (κ2) is 7.98. The number of carbonyl (C=O) groups is 1. The third-order valence-corrected chi connectivity index (χ3v) is 4.58. The highest BCUT2D eigenvalue weighted by Crippen LogP contribution is 2.25. The molecule has 20 heavy (non-hydrogen) atoms. The van der Waals surface area contributed by atoms with Crippen LogP contribution in [0.5, 0.6) is 0 Å². The van der Waals surface area contributed by atoms with E-state index in [1.54, 1.807) is 11.8 Å². The fourth-order valence-corrected chi connectivity index (χ4v) is 3.32. The number of carbonyl (C=O) groups excluding carboxylic acids is 1. The molecule has 0 radical (unpaired) electrons. The van der Waals surface area contributed by atoms with Crippen molar-refractivity contribution in [3.8, 4) is 11.8 Å². The smallest absolute Gasteiger partial charge is 0.233 e. The van der Waals surface area contributed by atoms with Crippen LogP contribution < -0.4 is 5.32 Å². The quantitative estimate of drug-likeness (QED) is 0.836. The lowest BCUT2D eigenvalue weighted by molar-refractivity contribution is -0.120. The minimum atomic E-state index is -0.128. The van der Waals surface area contributed by atoms with Crippen molar-refractivity contribution < 1.29 is 9.90 Å². The summed E-state index contributed by atoms with van der Waals surface area (Å²) in [5.41, 5.74) is 1.94. The standard InChI is InChI=1S/C16H19NO2S/c18-10-3-4-13-6-8-14(9-7-13)12-17-16(19)15-5-1-2-11-20-15/h6-9,15,18H,1-2,5,10-12H2,(H,17,19). The van der Waals surface area contributed by atoms with Gasteiger partial charge < -0.3 is 10.4 Å². The van der Waals surface area contributed by atoms with Gasteiger partial charge in [0.25, 0.3) is 0 Å². The van der Waals surface area contributed by atoms with Crippen molar-refractivity contribution in [2.75, 3.05) is 12.4 Å². The Morgan fingerprint density at radius 1 is 1.35 bits per heavy atom. The van der Waals surface area contributed by atoms with Gasteiger partial charge in [0.2, 0.25) is 5.91 Å². The van der Waals surface area contributed by atoms with Crippen molar-refractivity contribution in [3.05, 3.63) is 35.4 Å². The molecule has 1 atom stereocenters. The topological polar surface area (TPSA) is 49.3 Å². The minimum Gasteiger partial charge on any atom is -0.384 e. The maximum absolute atomic E-state index is 12.0. The van der Waals surface area contributed by atoms with Crippen LogP contribution in [-0.4, -0.2) is 28.6 Å². The summed E-state index contributed by atoms with van der Waals surface area (Å²) in [5.74, 6) is 6.70. The van der Waals surface area contributed by atoms with E-state index in [1.165, 1.54) is 6.42 Å². The molecule has 0 spiro atoms. The second-order valence-corrected chi connectivity index (χ2v) is 6.04. The molecular formula is C16H19NO2S. The fraction of sp³-hybridized carbons (Fsp3) is 0.438. The molecule has 2 rings (SSSR count). The fourth-order valence-electron chi connectivity index (χ4n) is 2.10. The highest BCUT2D eigenvalue weighted by molar-refractivity contribution is 8.00. The number of benzene rings is 1. The monoisotopic (exact) mass is 289 g/mol. The van der Waals surface area contributed by atoms with Gasteiger partial charge in [-0.15, -0.1) is 11.8 Å². The maximum atomic E-state index is 12.0. The highest BCUT2D eigenvalue weighted by atomic mass is 32.2. The van der Waals surface area contributed by atoms with Crippen molar-refractivity contribution in [2.24, 2.45) is 0 Å². The first-order valence-corrected chi connectivity index (χ1v) is 7.92. The molecule has 3 nitrogen and oxygen atoms in total. The summed E-state index contributed by atoms with van der Waals surface area (Å²) < 4.78 is 0. The van der Waals surface area contributed by atoms with Gasteiger partial charge >= 0.3 is 0 Å². The molecule has 1 aromatic rings. The number of amides is 1. The van der Waals surface area contributed by atoms with Gasteiger partial charge in [-0.1, -0.05) is 30.4 Å². The normalized spacial score (nSPS) is 17.9. The molecule has 1 amide bonds. The number of thioether (sulfide) groups is 1. The number of nitrogens with one attached hydrogen (secondary N) is 1. The molecule has 1 heterocycles. The van der Waals surface area contributed by atoms with Crippen LogP contribution in [0.1, 0.15) is 30.4 Å². The van der Waals surface area contributed by atoms with Crippen molar-refractivity contribution in [3.63, 3.8) is 0 Å². The van der Waals surface area contributed by atoms with Gasteiger partial charge in [-0.25, -0.2) is 0 Å². The number of aliphatic hydroxyl groups is 1. The minimum absolute atomic E-state index is 0.124. The average molecular weight is 289 g/mol. The van der Waals surface area contributed by atoms with E-state index in [0.717, 1.165) is 29.7 Å². The van der Waals surface area contributed by atoms with E-state index in [1.807, 2.05) is 24.3 Å². The Kier molecular flexibility index (Phi) is 5.97. The van der Waals surface area contributed by atoms with E-state index in [4.69, 9.17) is 5.11 Å². The van der Waals surface area contributed by atoms with Crippen LogP contribution in [0.3, 0.4) is 0 Å². The lowest BCUT2D eigenvalue weighted by Crippen LogP contribution is -2.33. The lowest BCUT2D eigenvalue weighted by Gasteiger charge is -2.20. The molecule has 1 unspecified atom stereocenters. The zero-order chi connectivity index (χ0) is 14.2. The van der Waals surface area contributed by atoms with Crippen LogP contribution in [0.2, 0.25) is 0 Å². The van der Waals surface area contributed by atoms with Crippen LogP contribution in [0.4, 0.5) is 0 Å². The predicted octanol–water partition coefficient (Wildman–Crippen LogP) is 1.93. The summed E-state index contributed by atoms with van der Waals surface area (Å²) in [7, 11) is 0. The molecule has 0 aromatic heterocycles. The first kappa shape index (κ1) is 15.0. The third kappa shape index (κ3) is 4.59. The van der Waals surface area contributed by atoms with Crippen molar-refractivity contribution >= 4 is 17.7 Å². The Hall–Kier alpha value is -1.44. The van der Waals surface area contributed by atoms with Crippen molar-refractivity contribution in [1.29, 1.82) is 0 Å². The van der Waals surface area contributed by atoms with E-state index in [9.17, 15) is 4.79 Å². The molecule has 2 N–H and O–H groups in total. The lowest BCUT2D eigenvalue weighted by atomic mass is 10.1. The molecule has 1 fully saturated rings. The Morgan fingerprint density at radius 3 is 2.80 bits per heavy atom. The zero-order valence-electron chi connectivity index (χ0n) is 11.4. The number of hydrogen-bond acceptors (Lipinski definition) is 3. The Labute approximate surface area is 124 Å². The summed E-state index contributed by atoms with van der Waals surface area (Å²) in [6.07, 6.45) is 3.38. The largest absolute Gasteiger partial charge is 0.384 e. The van der Waals surface area contributed by atoms with Crippen molar-refractivity contribution in [1.82, 2.24) is 5.32 Å². The first-order valence-electron chi connectivity index (χ1n) is 6.87. The van der Waals surface area contributed by atoms with Gasteiger partial charge in [-0.2, -0.15) is 0 Å². The Balaban J connectivity index is 1.82. The predicted molar refractivity (Wildman–Crippen MR) is 82.3 cm³/mol. The molecule has 4 heteroatoms. The maximum Gasteiger partial charge on any atom is 0.233 e. The summed E-state index contributed by atoms with van der Waals surface area (Å²) in [4.78, 5) is 12.0. The van der Waals surface area contributed by atoms with E-state index in [0.29, 0.717) is 6.54 Å². The van der Waals surface area contributed by atoms with Crippen LogP contribution in [0, 0.1) is 11.8 Å². The molecule has 1 aliphatic rings. The molecule has 0 bridgehead atoms. The van der Waals surface area contributed by atoms with Crippen molar-refractivity contribution in [2.45, 2.75) is 31.1 Å². The Morgan fingerprint density at radius 2 is 2.15 bits per heavy atom. The van der Waals surface area contributed by atoms with E-state index >= 15 is 0 Å². The number of hydrogen-bond donors (Lipinski definition) is 2. The molecule has 0 saturated carbocycles. The summed E-state index contributed by atoms with van der Waals surface area (Å²) in [5, 5.41) is 11.7. The van der Waals surface area contributed by atoms with Gasteiger partial charge in [0.1, 0.15) is 6.61 Å². The van der Waals surface area contributed by atoms with Gasteiger partial charge in [0.15, 0.2) is 0 Å². The van der Waals surface area contributed by atoms with Gasteiger partial charge in [-0.3, -0.25) is 4.79 Å². The Bertz CT molecular complexity index is 495. The molecule has 1 saturated heterocycles. The van der Waals surface area contributed by atoms with Crippen LogP contribution in [-0.2, 0) is 11.3 Å². The molecule has 1 aliphatic heterocycles. The van der Waals surface area contributed by atoms with Gasteiger partial charge in [-0.05, 0) is 36.3 Å². The van der Waals surface area contributed by atoms with Crippen LogP contribution in [0.15, 0.2) is 24.3 Å². The van der Waals surface area contributed by atoms with Gasteiger partial charge in [0.05, 0.1) is 5.25 Å². The summed E-state index contributed by atoms with van der Waals surface area (Å²) >= 11 is 1.76. The summed E-state index contributed by atoms with van der Waals surface area (Å²) in [6.45, 7) is 0.431. The first-order chi connectivity index (χ1) is 9.79. The van der Waals surface area contributed by atoms with E-state index in [2.05, 4.69) is 17.2 Å². The van der Waals surface area contributed by atoms with Gasteiger partial charge in [0, 0.05) is 12.1 Å². The molecule has 1 aromatic carbocycles. The average Bonchev–Trinajstić information content (AvgIpc) is 2.52. The molecule has 106 valence electrons. The van der Waals surface area contributed by atoms with E-state index < -0.39 is 0 Å². The SMILES string of the molecule is O=C(NCc1ccc(C#CCO)cc1)C1CCCCS1. The highest BCUT2D eigenvalue weighted by Gasteiger charge is 2.21.